The topological polar surface area (TPSA) is 73.8 Å². The Kier molecular flexibility index (Phi) is 4.70. The number of thiophene rings is 1. The number of aliphatic imine (C=N–C) groups is 1. The van der Waals surface area contributed by atoms with Crippen LogP contribution in [0.3, 0.4) is 0 Å². The molecular formula is C14H22N4O2S2. The third-order valence-corrected chi connectivity index (χ3v) is 7.28. The predicted molar refractivity (Wildman–Crippen MR) is 88.7 cm³/mol. The van der Waals surface area contributed by atoms with Crippen LogP contribution in [0.15, 0.2) is 26.7 Å². The van der Waals surface area contributed by atoms with Gasteiger partial charge in [0.15, 0.2) is 5.96 Å². The van der Waals surface area contributed by atoms with E-state index in [1.54, 1.807) is 28.9 Å². The predicted octanol–water partition coefficient (Wildman–Crippen LogP) is 1.09. The summed E-state index contributed by atoms with van der Waals surface area (Å²) in [4.78, 5) is 4.20. The standard InChI is InChI=1S/C14H22N4O2S2/c1-15-14(17-12-4-5-12)16-9-11-6-7-18(10-11)22(19,20)13-3-2-8-21-13/h2-3,8,11-12H,4-7,9-10H2,1H3,(H2,15,16,17). The normalized spacial score (nSPS) is 23.7. The Morgan fingerprint density at radius 3 is 2.91 bits per heavy atom. The molecule has 0 spiro atoms. The zero-order valence-electron chi connectivity index (χ0n) is 12.7. The third kappa shape index (κ3) is 3.61. The summed E-state index contributed by atoms with van der Waals surface area (Å²) >= 11 is 1.28. The van der Waals surface area contributed by atoms with Crippen molar-refractivity contribution in [1.29, 1.82) is 0 Å². The Morgan fingerprint density at radius 1 is 1.45 bits per heavy atom. The van der Waals surface area contributed by atoms with Gasteiger partial charge in [-0.2, -0.15) is 4.31 Å². The highest BCUT2D eigenvalue weighted by atomic mass is 32.2. The molecule has 1 aromatic rings. The monoisotopic (exact) mass is 342 g/mol. The lowest BCUT2D eigenvalue weighted by atomic mass is 10.1. The molecule has 2 heterocycles. The van der Waals surface area contributed by atoms with E-state index in [1.165, 1.54) is 24.2 Å². The largest absolute Gasteiger partial charge is 0.356 e. The molecule has 22 heavy (non-hydrogen) atoms. The second-order valence-electron chi connectivity index (χ2n) is 5.82. The zero-order chi connectivity index (χ0) is 15.6. The van der Waals surface area contributed by atoms with Gasteiger partial charge in [-0.3, -0.25) is 4.99 Å². The maximum Gasteiger partial charge on any atom is 0.252 e. The van der Waals surface area contributed by atoms with Crippen LogP contribution in [0.4, 0.5) is 0 Å². The summed E-state index contributed by atoms with van der Waals surface area (Å²) in [5.74, 6) is 1.15. The van der Waals surface area contributed by atoms with Crippen molar-refractivity contribution in [1.82, 2.24) is 14.9 Å². The van der Waals surface area contributed by atoms with E-state index >= 15 is 0 Å². The molecule has 8 heteroatoms. The van der Waals surface area contributed by atoms with Gasteiger partial charge >= 0.3 is 0 Å². The average molecular weight is 342 g/mol. The number of rotatable bonds is 5. The molecule has 2 fully saturated rings. The first kappa shape index (κ1) is 15.8. The van der Waals surface area contributed by atoms with E-state index in [1.807, 2.05) is 0 Å². The van der Waals surface area contributed by atoms with E-state index in [0.29, 0.717) is 29.3 Å². The van der Waals surface area contributed by atoms with Crippen molar-refractivity contribution in [2.24, 2.45) is 10.9 Å². The molecule has 1 saturated heterocycles. The smallest absolute Gasteiger partial charge is 0.252 e. The van der Waals surface area contributed by atoms with Gasteiger partial charge in [0.2, 0.25) is 0 Å². The molecule has 3 rings (SSSR count). The quantitative estimate of drug-likeness (QED) is 0.620. The molecule has 2 aliphatic rings. The van der Waals surface area contributed by atoms with Crippen molar-refractivity contribution in [3.05, 3.63) is 17.5 Å². The minimum absolute atomic E-state index is 0.326. The van der Waals surface area contributed by atoms with E-state index < -0.39 is 10.0 Å². The summed E-state index contributed by atoms with van der Waals surface area (Å²) in [7, 11) is -1.54. The fourth-order valence-electron chi connectivity index (χ4n) is 2.58. The van der Waals surface area contributed by atoms with Crippen LogP contribution in [0.1, 0.15) is 19.3 Å². The van der Waals surface area contributed by atoms with Gasteiger partial charge in [-0.05, 0) is 36.6 Å². The van der Waals surface area contributed by atoms with Gasteiger partial charge in [0.1, 0.15) is 4.21 Å². The fourth-order valence-corrected chi connectivity index (χ4v) is 5.25. The minimum Gasteiger partial charge on any atom is -0.356 e. The highest BCUT2D eigenvalue weighted by Crippen LogP contribution is 2.26. The summed E-state index contributed by atoms with van der Waals surface area (Å²) in [6.07, 6.45) is 3.30. The van der Waals surface area contributed by atoms with Crippen molar-refractivity contribution >= 4 is 27.3 Å². The minimum atomic E-state index is -3.30. The third-order valence-electron chi connectivity index (χ3n) is 4.04. The first-order valence-electron chi connectivity index (χ1n) is 7.60. The molecular weight excluding hydrogens is 320 g/mol. The molecule has 1 aliphatic heterocycles. The molecule has 6 nitrogen and oxygen atoms in total. The van der Waals surface area contributed by atoms with Crippen LogP contribution in [-0.4, -0.2) is 51.4 Å². The van der Waals surface area contributed by atoms with E-state index in [9.17, 15) is 8.42 Å². The van der Waals surface area contributed by atoms with Crippen molar-refractivity contribution in [3.63, 3.8) is 0 Å². The number of hydrogen-bond acceptors (Lipinski definition) is 4. The zero-order valence-corrected chi connectivity index (χ0v) is 14.3. The molecule has 1 atom stereocenters. The van der Waals surface area contributed by atoms with E-state index in [0.717, 1.165) is 18.9 Å². The molecule has 1 saturated carbocycles. The first-order chi connectivity index (χ1) is 10.6. The van der Waals surface area contributed by atoms with Crippen molar-refractivity contribution in [2.45, 2.75) is 29.5 Å². The van der Waals surface area contributed by atoms with Gasteiger partial charge in [-0.15, -0.1) is 11.3 Å². The number of nitrogens with one attached hydrogen (secondary N) is 2. The number of hydrogen-bond donors (Lipinski definition) is 2. The number of sulfonamides is 1. The van der Waals surface area contributed by atoms with Crippen LogP contribution in [-0.2, 0) is 10.0 Å². The van der Waals surface area contributed by atoms with Crippen LogP contribution in [0.2, 0.25) is 0 Å². The molecule has 1 aliphatic carbocycles. The van der Waals surface area contributed by atoms with Crippen molar-refractivity contribution in [3.8, 4) is 0 Å². The first-order valence-corrected chi connectivity index (χ1v) is 9.92. The average Bonchev–Trinajstić information content (AvgIpc) is 2.99. The van der Waals surface area contributed by atoms with Gasteiger partial charge in [0.05, 0.1) is 0 Å². The van der Waals surface area contributed by atoms with Crippen LogP contribution in [0.25, 0.3) is 0 Å². The Labute approximate surface area is 135 Å². The van der Waals surface area contributed by atoms with Crippen LogP contribution in [0.5, 0.6) is 0 Å². The SMILES string of the molecule is CN=C(NCC1CCN(S(=O)(=O)c2cccs2)C1)NC1CC1. The van der Waals surface area contributed by atoms with Crippen LogP contribution in [0, 0.1) is 5.92 Å². The van der Waals surface area contributed by atoms with Gasteiger partial charge < -0.3 is 10.6 Å². The molecule has 0 aromatic carbocycles. The maximum absolute atomic E-state index is 12.5. The fraction of sp³-hybridized carbons (Fsp3) is 0.643. The lowest BCUT2D eigenvalue weighted by Gasteiger charge is -2.17. The molecule has 122 valence electrons. The van der Waals surface area contributed by atoms with Gasteiger partial charge in [-0.25, -0.2) is 8.42 Å². The van der Waals surface area contributed by atoms with Crippen LogP contribution < -0.4 is 10.6 Å². The molecule has 1 unspecified atom stereocenters. The molecule has 1 aromatic heterocycles. The molecule has 0 bridgehead atoms. The summed E-state index contributed by atoms with van der Waals surface area (Å²) in [5.41, 5.74) is 0. The lowest BCUT2D eigenvalue weighted by molar-refractivity contribution is 0.456. The molecule has 0 radical (unpaired) electrons. The summed E-state index contributed by atoms with van der Waals surface area (Å²) in [6, 6.07) is 4.01. The lowest BCUT2D eigenvalue weighted by Crippen LogP contribution is -2.41. The number of guanidine groups is 1. The molecule has 2 N–H and O–H groups in total. The van der Waals surface area contributed by atoms with Gasteiger partial charge in [-0.1, -0.05) is 6.07 Å². The van der Waals surface area contributed by atoms with Crippen LogP contribution >= 0.6 is 11.3 Å². The summed E-state index contributed by atoms with van der Waals surface area (Å²) in [5, 5.41) is 8.45. The summed E-state index contributed by atoms with van der Waals surface area (Å²) in [6.45, 7) is 1.93. The Hall–Kier alpha value is -1.12. The Morgan fingerprint density at radius 2 is 2.27 bits per heavy atom. The second-order valence-corrected chi connectivity index (χ2v) is 8.93. The van der Waals surface area contributed by atoms with Gasteiger partial charge in [0, 0.05) is 32.7 Å². The Balaban J connectivity index is 1.52. The van der Waals surface area contributed by atoms with Crippen molar-refractivity contribution < 1.29 is 8.42 Å². The highest BCUT2D eigenvalue weighted by Gasteiger charge is 2.33. The Bertz CT molecular complexity index is 623. The summed E-state index contributed by atoms with van der Waals surface area (Å²) < 4.78 is 27.0. The van der Waals surface area contributed by atoms with Gasteiger partial charge in [0.25, 0.3) is 10.0 Å². The van der Waals surface area contributed by atoms with Crippen molar-refractivity contribution in [2.75, 3.05) is 26.7 Å². The second kappa shape index (κ2) is 6.55. The van der Waals surface area contributed by atoms with E-state index in [4.69, 9.17) is 0 Å². The highest BCUT2D eigenvalue weighted by molar-refractivity contribution is 7.91. The maximum atomic E-state index is 12.5. The number of nitrogens with zero attached hydrogens (tertiary/aromatic N) is 2. The molecule has 0 amide bonds. The van der Waals surface area contributed by atoms with E-state index in [2.05, 4.69) is 15.6 Å². The van der Waals surface area contributed by atoms with E-state index in [-0.39, 0.29) is 0 Å².